The summed E-state index contributed by atoms with van der Waals surface area (Å²) in [6, 6.07) is -0.629. The number of rotatable bonds is 3. The highest BCUT2D eigenvalue weighted by Crippen LogP contribution is 2.37. The van der Waals surface area contributed by atoms with Gasteiger partial charge in [-0.2, -0.15) is 0 Å². The van der Waals surface area contributed by atoms with Crippen LogP contribution in [0.3, 0.4) is 0 Å². The van der Waals surface area contributed by atoms with E-state index in [1.807, 2.05) is 0 Å². The third-order valence-corrected chi connectivity index (χ3v) is 2.66. The van der Waals surface area contributed by atoms with Gasteiger partial charge in [0, 0.05) is 11.9 Å². The molecule has 1 aliphatic rings. The number of phosphoric ester groups is 1. The number of hydrogen-bond acceptors (Lipinski definition) is 4. The first-order chi connectivity index (χ1) is 6.31. The largest absolute Gasteiger partial charge is 0.469 e. The number of aliphatic hydroxyl groups excluding tert-OH is 1. The van der Waals surface area contributed by atoms with Gasteiger partial charge in [-0.25, -0.2) is 4.57 Å². The minimum Gasteiger partial charge on any atom is -0.390 e. The first-order valence-electron chi connectivity index (χ1n) is 4.10. The van der Waals surface area contributed by atoms with Crippen LogP contribution >= 0.6 is 7.82 Å². The Balaban J connectivity index is 2.44. The quantitative estimate of drug-likeness (QED) is 0.418. The van der Waals surface area contributed by atoms with E-state index in [0.29, 0.717) is 0 Å². The maximum absolute atomic E-state index is 10.4. The zero-order valence-electron chi connectivity index (χ0n) is 7.61. The SMILES string of the molecule is [B][C@@H]1O[C@H](COP(=O)(O)O)[C@@H](O)C1C. The van der Waals surface area contributed by atoms with E-state index in [2.05, 4.69) is 4.52 Å². The van der Waals surface area contributed by atoms with E-state index in [9.17, 15) is 9.67 Å². The van der Waals surface area contributed by atoms with Gasteiger partial charge in [-0.1, -0.05) is 6.92 Å². The van der Waals surface area contributed by atoms with Gasteiger partial charge in [0.2, 0.25) is 0 Å². The van der Waals surface area contributed by atoms with Gasteiger partial charge in [-0.05, 0) is 0 Å². The molecule has 1 fully saturated rings. The predicted molar refractivity (Wildman–Crippen MR) is 47.6 cm³/mol. The van der Waals surface area contributed by atoms with Gasteiger partial charge < -0.3 is 19.6 Å². The lowest BCUT2D eigenvalue weighted by molar-refractivity contribution is -0.00501. The number of aliphatic hydroxyl groups is 1. The molecule has 80 valence electrons. The lowest BCUT2D eigenvalue weighted by Crippen LogP contribution is -2.29. The molecular weight excluding hydrogens is 210 g/mol. The van der Waals surface area contributed by atoms with Crippen LogP contribution in [-0.4, -0.2) is 47.6 Å². The van der Waals surface area contributed by atoms with Crippen LogP contribution in [0.4, 0.5) is 0 Å². The molecule has 0 aliphatic carbocycles. The summed E-state index contributed by atoms with van der Waals surface area (Å²) in [6.07, 6.45) is -1.65. The molecule has 0 amide bonds. The van der Waals surface area contributed by atoms with Crippen molar-refractivity contribution in [1.29, 1.82) is 0 Å². The van der Waals surface area contributed by atoms with Gasteiger partial charge in [0.1, 0.15) is 14.0 Å². The zero-order valence-corrected chi connectivity index (χ0v) is 8.50. The van der Waals surface area contributed by atoms with Crippen molar-refractivity contribution in [2.24, 2.45) is 5.92 Å². The van der Waals surface area contributed by atoms with Crippen molar-refractivity contribution in [3.63, 3.8) is 0 Å². The predicted octanol–water partition coefficient (Wildman–Crippen LogP) is -1.01. The van der Waals surface area contributed by atoms with Crippen LogP contribution in [-0.2, 0) is 13.8 Å². The highest BCUT2D eigenvalue weighted by atomic mass is 31.2. The summed E-state index contributed by atoms with van der Waals surface area (Å²) in [4.78, 5) is 16.8. The Morgan fingerprint density at radius 3 is 2.50 bits per heavy atom. The number of ether oxygens (including phenoxy) is 1. The van der Waals surface area contributed by atoms with Crippen LogP contribution < -0.4 is 0 Å². The molecule has 1 rings (SSSR count). The van der Waals surface area contributed by atoms with Gasteiger partial charge in [0.25, 0.3) is 0 Å². The third-order valence-electron chi connectivity index (χ3n) is 2.18. The van der Waals surface area contributed by atoms with E-state index in [1.54, 1.807) is 6.92 Å². The zero-order chi connectivity index (χ0) is 10.9. The average Bonchev–Trinajstić information content (AvgIpc) is 2.28. The minimum atomic E-state index is -4.52. The van der Waals surface area contributed by atoms with E-state index in [-0.39, 0.29) is 12.5 Å². The van der Waals surface area contributed by atoms with Gasteiger partial charge >= 0.3 is 7.82 Å². The number of phosphoric acid groups is 1. The molecule has 8 heteroatoms. The van der Waals surface area contributed by atoms with E-state index >= 15 is 0 Å². The maximum Gasteiger partial charge on any atom is 0.469 e. The molecule has 1 unspecified atom stereocenters. The topological polar surface area (TPSA) is 96.2 Å². The molecule has 2 radical (unpaired) electrons. The molecule has 6 nitrogen and oxygen atoms in total. The summed E-state index contributed by atoms with van der Waals surface area (Å²) < 4.78 is 19.6. The van der Waals surface area contributed by atoms with Crippen LogP contribution in [0.2, 0.25) is 0 Å². The van der Waals surface area contributed by atoms with Crippen LogP contribution in [0.15, 0.2) is 0 Å². The van der Waals surface area contributed by atoms with Crippen LogP contribution in [0, 0.1) is 5.92 Å². The summed E-state index contributed by atoms with van der Waals surface area (Å²) in [5, 5.41) is 9.49. The molecule has 1 heterocycles. The molecule has 0 aromatic rings. The van der Waals surface area contributed by atoms with Crippen molar-refractivity contribution in [2.45, 2.75) is 25.1 Å². The van der Waals surface area contributed by atoms with E-state index in [4.69, 9.17) is 22.4 Å². The second-order valence-corrected chi connectivity index (χ2v) is 4.51. The van der Waals surface area contributed by atoms with Crippen molar-refractivity contribution in [1.82, 2.24) is 0 Å². The molecule has 0 aromatic carbocycles. The lowest BCUT2D eigenvalue weighted by Gasteiger charge is -2.15. The van der Waals surface area contributed by atoms with Gasteiger partial charge in [0.05, 0.1) is 12.7 Å². The van der Waals surface area contributed by atoms with Crippen LogP contribution in [0.5, 0.6) is 0 Å². The van der Waals surface area contributed by atoms with E-state index in [1.165, 1.54) is 0 Å². The van der Waals surface area contributed by atoms with Crippen LogP contribution in [0.25, 0.3) is 0 Å². The molecule has 1 aliphatic heterocycles. The molecular formula is C6H12BO6P. The summed E-state index contributed by atoms with van der Waals surface area (Å²) >= 11 is 0. The van der Waals surface area contributed by atoms with E-state index < -0.39 is 26.0 Å². The highest BCUT2D eigenvalue weighted by Gasteiger charge is 2.38. The summed E-state index contributed by atoms with van der Waals surface area (Å²) in [6.45, 7) is 1.32. The fourth-order valence-corrected chi connectivity index (χ4v) is 1.59. The second kappa shape index (κ2) is 4.30. The molecule has 0 bridgehead atoms. The van der Waals surface area contributed by atoms with Crippen molar-refractivity contribution < 1.29 is 28.7 Å². The third kappa shape index (κ3) is 3.05. The molecule has 0 saturated carbocycles. The minimum absolute atomic E-state index is 0.277. The molecule has 14 heavy (non-hydrogen) atoms. The first-order valence-corrected chi connectivity index (χ1v) is 5.63. The monoisotopic (exact) mass is 222 g/mol. The van der Waals surface area contributed by atoms with Crippen molar-refractivity contribution >= 4 is 15.7 Å². The Kier molecular flexibility index (Phi) is 3.74. The van der Waals surface area contributed by atoms with E-state index in [0.717, 1.165) is 0 Å². The lowest BCUT2D eigenvalue weighted by atomic mass is 9.86. The fourth-order valence-electron chi connectivity index (χ4n) is 1.25. The Bertz CT molecular complexity index is 242. The summed E-state index contributed by atoms with van der Waals surface area (Å²) in [7, 11) is 0.950. The van der Waals surface area contributed by atoms with Crippen molar-refractivity contribution in [3.05, 3.63) is 0 Å². The highest BCUT2D eigenvalue weighted by molar-refractivity contribution is 7.46. The second-order valence-electron chi connectivity index (χ2n) is 3.28. The summed E-state index contributed by atoms with van der Waals surface area (Å²) in [5.41, 5.74) is 0. The molecule has 0 aromatic heterocycles. The fraction of sp³-hybridized carbons (Fsp3) is 1.00. The Morgan fingerprint density at radius 1 is 1.57 bits per heavy atom. The molecule has 0 spiro atoms. The number of hydrogen-bond donors (Lipinski definition) is 3. The van der Waals surface area contributed by atoms with Gasteiger partial charge in [-0.15, -0.1) is 0 Å². The molecule has 4 atom stereocenters. The standard InChI is InChI=1S/C6H12BO6P/c1-3-5(8)4(13-6(3)7)2-12-14(9,10)11/h3-6,8H,2H2,1H3,(H2,9,10,11)/t3?,4-,5+,6-/m1/s1. The molecule has 1 saturated heterocycles. The average molecular weight is 222 g/mol. The Morgan fingerprint density at radius 2 is 2.14 bits per heavy atom. The van der Waals surface area contributed by atoms with Crippen molar-refractivity contribution in [3.8, 4) is 0 Å². The normalized spacial score (nSPS) is 38.9. The first kappa shape index (κ1) is 12.2. The Labute approximate surface area is 82.9 Å². The van der Waals surface area contributed by atoms with Gasteiger partial charge in [-0.3, -0.25) is 4.52 Å². The summed E-state index contributed by atoms with van der Waals surface area (Å²) in [5.74, 6) is -0.277. The Hall–Kier alpha value is 0.0949. The molecule has 3 N–H and O–H groups in total. The maximum atomic E-state index is 10.4. The van der Waals surface area contributed by atoms with Gasteiger partial charge in [0.15, 0.2) is 0 Å². The smallest absolute Gasteiger partial charge is 0.390 e. The van der Waals surface area contributed by atoms with Crippen LogP contribution in [0.1, 0.15) is 6.92 Å². The van der Waals surface area contributed by atoms with Crippen molar-refractivity contribution in [2.75, 3.05) is 6.61 Å².